The monoisotopic (exact) mass is 230 g/mol. The van der Waals surface area contributed by atoms with Gasteiger partial charge in [0.15, 0.2) is 0 Å². The maximum Gasteiger partial charge on any atom is 0.309 e. The molecule has 0 N–H and O–H groups in total. The van der Waals surface area contributed by atoms with Crippen molar-refractivity contribution in [3.8, 4) is 0 Å². The molecule has 0 aliphatic carbocycles. The van der Waals surface area contributed by atoms with E-state index >= 15 is 0 Å². The molecule has 0 aliphatic heterocycles. The summed E-state index contributed by atoms with van der Waals surface area (Å²) in [6.07, 6.45) is -0.723. The van der Waals surface area contributed by atoms with Crippen molar-refractivity contribution in [2.75, 3.05) is 20.3 Å². The minimum atomic E-state index is -0.684. The number of esters is 2. The van der Waals surface area contributed by atoms with Crippen LogP contribution in [0.15, 0.2) is 12.2 Å². The molecule has 16 heavy (non-hydrogen) atoms. The van der Waals surface area contributed by atoms with E-state index in [1.54, 1.807) is 0 Å². The molecule has 0 aliphatic rings. The van der Waals surface area contributed by atoms with Gasteiger partial charge >= 0.3 is 11.9 Å². The van der Waals surface area contributed by atoms with Gasteiger partial charge in [0.1, 0.15) is 6.10 Å². The molecule has 0 aromatic carbocycles. The topological polar surface area (TPSA) is 61.8 Å². The van der Waals surface area contributed by atoms with Crippen LogP contribution in [0.5, 0.6) is 0 Å². The Labute approximate surface area is 95.4 Å². The fourth-order valence-corrected chi connectivity index (χ4v) is 1.03. The summed E-state index contributed by atoms with van der Waals surface area (Å²) in [5, 5.41) is 0. The van der Waals surface area contributed by atoms with Crippen LogP contribution in [0, 0.1) is 0 Å². The average molecular weight is 230 g/mol. The van der Waals surface area contributed by atoms with Crippen molar-refractivity contribution in [3.63, 3.8) is 0 Å². The maximum atomic E-state index is 11.1. The van der Waals surface area contributed by atoms with Gasteiger partial charge in [0.2, 0.25) is 0 Å². The molecule has 0 bridgehead atoms. The van der Waals surface area contributed by atoms with E-state index in [9.17, 15) is 9.59 Å². The third-order valence-electron chi connectivity index (χ3n) is 1.83. The van der Waals surface area contributed by atoms with Gasteiger partial charge in [-0.05, 0) is 12.5 Å². The third-order valence-corrected chi connectivity index (χ3v) is 1.83. The van der Waals surface area contributed by atoms with E-state index in [2.05, 4.69) is 11.3 Å². The summed E-state index contributed by atoms with van der Waals surface area (Å²) in [6.45, 7) is 7.63. The van der Waals surface area contributed by atoms with Gasteiger partial charge in [0.25, 0.3) is 0 Å². The first-order valence-corrected chi connectivity index (χ1v) is 5.00. The highest BCUT2D eigenvalue weighted by atomic mass is 16.6. The smallest absolute Gasteiger partial charge is 0.309 e. The molecule has 92 valence electrons. The van der Waals surface area contributed by atoms with Crippen molar-refractivity contribution in [1.82, 2.24) is 0 Å². The number of carbonyl (C=O) groups is 2. The van der Waals surface area contributed by atoms with Gasteiger partial charge in [-0.1, -0.05) is 6.58 Å². The minimum absolute atomic E-state index is 0.0397. The Morgan fingerprint density at radius 3 is 2.44 bits per heavy atom. The zero-order chi connectivity index (χ0) is 12.6. The quantitative estimate of drug-likeness (QED) is 0.483. The highest BCUT2D eigenvalue weighted by molar-refractivity contribution is 5.72. The van der Waals surface area contributed by atoms with Gasteiger partial charge in [-0.2, -0.15) is 0 Å². The summed E-state index contributed by atoms with van der Waals surface area (Å²) >= 11 is 0. The van der Waals surface area contributed by atoms with Crippen molar-refractivity contribution in [3.05, 3.63) is 12.2 Å². The Morgan fingerprint density at radius 1 is 1.38 bits per heavy atom. The Hall–Kier alpha value is -1.36. The van der Waals surface area contributed by atoms with E-state index < -0.39 is 18.0 Å². The van der Waals surface area contributed by atoms with Crippen LogP contribution in [0.1, 0.15) is 20.3 Å². The van der Waals surface area contributed by atoms with E-state index in [-0.39, 0.29) is 13.0 Å². The zero-order valence-corrected chi connectivity index (χ0v) is 9.95. The van der Waals surface area contributed by atoms with E-state index in [1.807, 2.05) is 6.92 Å². The molecule has 0 amide bonds. The lowest BCUT2D eigenvalue weighted by atomic mass is 10.1. The lowest BCUT2D eigenvalue weighted by Crippen LogP contribution is -2.25. The first kappa shape index (κ1) is 14.6. The molecule has 0 rings (SSSR count). The number of hydrogen-bond acceptors (Lipinski definition) is 5. The van der Waals surface area contributed by atoms with Gasteiger partial charge in [-0.15, -0.1) is 0 Å². The molecule has 1 atom stereocenters. The van der Waals surface area contributed by atoms with Crippen molar-refractivity contribution in [2.45, 2.75) is 26.4 Å². The highest BCUT2D eigenvalue weighted by Gasteiger charge is 2.20. The molecule has 0 heterocycles. The number of methoxy groups -OCH3 is 1. The molecular weight excluding hydrogens is 212 g/mol. The van der Waals surface area contributed by atoms with Crippen molar-refractivity contribution in [1.29, 1.82) is 0 Å². The molecule has 0 aromatic heterocycles. The number of carbonyl (C=O) groups excluding carboxylic acids is 2. The fraction of sp³-hybridized carbons (Fsp3) is 0.636. The van der Waals surface area contributed by atoms with Crippen LogP contribution in [-0.2, 0) is 23.8 Å². The SMILES string of the molecule is C=C(COCC)C(CC(=O)OC)OC(C)=O. The molecule has 0 saturated heterocycles. The molecule has 0 fully saturated rings. The van der Waals surface area contributed by atoms with Crippen LogP contribution in [0.2, 0.25) is 0 Å². The van der Waals surface area contributed by atoms with Crippen LogP contribution >= 0.6 is 0 Å². The fourth-order valence-electron chi connectivity index (χ4n) is 1.03. The molecule has 0 spiro atoms. The van der Waals surface area contributed by atoms with Crippen LogP contribution in [0.3, 0.4) is 0 Å². The average Bonchev–Trinajstić information content (AvgIpc) is 2.24. The Morgan fingerprint density at radius 2 is 2.00 bits per heavy atom. The van der Waals surface area contributed by atoms with Gasteiger partial charge < -0.3 is 14.2 Å². The number of rotatable bonds is 7. The third kappa shape index (κ3) is 6.19. The predicted molar refractivity (Wildman–Crippen MR) is 57.8 cm³/mol. The maximum absolute atomic E-state index is 11.1. The minimum Gasteiger partial charge on any atom is -0.469 e. The Kier molecular flexibility index (Phi) is 7.20. The van der Waals surface area contributed by atoms with Crippen molar-refractivity contribution in [2.24, 2.45) is 0 Å². The van der Waals surface area contributed by atoms with Crippen LogP contribution in [0.4, 0.5) is 0 Å². The summed E-state index contributed by atoms with van der Waals surface area (Å²) in [5.41, 5.74) is 0.544. The summed E-state index contributed by atoms with van der Waals surface area (Å²) in [7, 11) is 1.28. The first-order chi connectivity index (χ1) is 7.51. The molecule has 0 radical (unpaired) electrons. The van der Waals surface area contributed by atoms with E-state index in [1.165, 1.54) is 14.0 Å². The lowest BCUT2D eigenvalue weighted by Gasteiger charge is -2.18. The normalized spacial score (nSPS) is 11.7. The second kappa shape index (κ2) is 7.87. The summed E-state index contributed by atoms with van der Waals surface area (Å²) in [4.78, 5) is 21.9. The number of ether oxygens (including phenoxy) is 3. The van der Waals surface area contributed by atoms with E-state index in [0.717, 1.165) is 0 Å². The summed E-state index contributed by atoms with van der Waals surface area (Å²) in [6, 6.07) is 0. The molecule has 5 heteroatoms. The first-order valence-electron chi connectivity index (χ1n) is 5.00. The Bertz CT molecular complexity index is 259. The zero-order valence-electron chi connectivity index (χ0n) is 9.95. The van der Waals surface area contributed by atoms with Crippen molar-refractivity contribution >= 4 is 11.9 Å². The predicted octanol–water partition coefficient (Wildman–Crippen LogP) is 1.07. The van der Waals surface area contributed by atoms with Gasteiger partial charge in [0.05, 0.1) is 20.1 Å². The molecule has 0 saturated carbocycles. The van der Waals surface area contributed by atoms with Gasteiger partial charge in [0, 0.05) is 13.5 Å². The molecule has 0 aromatic rings. The van der Waals surface area contributed by atoms with E-state index in [4.69, 9.17) is 9.47 Å². The van der Waals surface area contributed by atoms with Gasteiger partial charge in [-0.3, -0.25) is 9.59 Å². The standard InChI is InChI=1S/C11H18O5/c1-5-15-7-8(2)10(16-9(3)12)6-11(13)14-4/h10H,2,5-7H2,1,3-4H3. The second-order valence-electron chi connectivity index (χ2n) is 3.17. The molecular formula is C11H18O5. The van der Waals surface area contributed by atoms with Crippen LogP contribution in [-0.4, -0.2) is 38.4 Å². The molecule has 1 unspecified atom stereocenters. The molecule has 5 nitrogen and oxygen atoms in total. The second-order valence-corrected chi connectivity index (χ2v) is 3.17. The van der Waals surface area contributed by atoms with Crippen LogP contribution < -0.4 is 0 Å². The lowest BCUT2D eigenvalue weighted by molar-refractivity contribution is -0.150. The Balaban J connectivity index is 4.34. The van der Waals surface area contributed by atoms with Crippen LogP contribution in [0.25, 0.3) is 0 Å². The van der Waals surface area contributed by atoms with Crippen molar-refractivity contribution < 1.29 is 23.8 Å². The van der Waals surface area contributed by atoms with Gasteiger partial charge in [-0.25, -0.2) is 0 Å². The van der Waals surface area contributed by atoms with E-state index in [0.29, 0.717) is 12.2 Å². The summed E-state index contributed by atoms with van der Waals surface area (Å²) < 4.78 is 14.6. The highest BCUT2D eigenvalue weighted by Crippen LogP contribution is 2.11. The largest absolute Gasteiger partial charge is 0.469 e. The number of hydrogen-bond donors (Lipinski definition) is 0. The summed E-state index contributed by atoms with van der Waals surface area (Å²) in [5.74, 6) is -0.921.